The first-order valence-corrected chi connectivity index (χ1v) is 15.0. The van der Waals surface area contributed by atoms with E-state index in [9.17, 15) is 19.5 Å². The average molecular weight is 620 g/mol. The molecule has 0 bridgehead atoms. The molecule has 1 spiro atoms. The summed E-state index contributed by atoms with van der Waals surface area (Å²) in [6.07, 6.45) is 1.56. The molecule has 2 amide bonds. The minimum atomic E-state index is -1.60. The fourth-order valence-corrected chi connectivity index (χ4v) is 8.01. The van der Waals surface area contributed by atoms with Crippen LogP contribution in [0.15, 0.2) is 36.4 Å². The molecular weight excluding hydrogens is 582 g/mol. The lowest BCUT2D eigenvalue weighted by Crippen LogP contribution is -2.60. The molecule has 5 unspecified atom stereocenters. The largest absolute Gasteiger partial charge is 0.480 e. The molecule has 2 saturated heterocycles. The van der Waals surface area contributed by atoms with Crippen LogP contribution >= 0.6 is 23.2 Å². The van der Waals surface area contributed by atoms with Crippen LogP contribution in [0, 0.1) is 17.2 Å². The molecule has 2 aromatic rings. The lowest BCUT2D eigenvalue weighted by Gasteiger charge is -2.44. The van der Waals surface area contributed by atoms with E-state index >= 15 is 4.39 Å². The molecule has 0 saturated carbocycles. The minimum absolute atomic E-state index is 0.000794. The van der Waals surface area contributed by atoms with Crippen LogP contribution in [-0.4, -0.2) is 71.0 Å². The standard InChI is InChI=1S/C31H37Cl2FN4O4/c1-30(2,3)15-22-31(19-9-8-17(32)14-21(19)36-29(31)42)23(18-6-5-7-20(33)24(18)34)26(28(40)41)38(22)25(27(35)39)16-10-12-37(4)13-11-16/h5-9,14,16,22-23,25-26H,10-13,15H2,1-4H3,(H2,35,39)(H,36,42)(H,40,41). The van der Waals surface area contributed by atoms with Crippen molar-refractivity contribution in [2.75, 3.05) is 25.5 Å². The molecule has 0 aliphatic carbocycles. The number of piperidine rings is 1. The van der Waals surface area contributed by atoms with E-state index < -0.39 is 58.5 Å². The third-order valence-electron chi connectivity index (χ3n) is 9.26. The lowest BCUT2D eigenvalue weighted by atomic mass is 9.62. The van der Waals surface area contributed by atoms with Gasteiger partial charge in [-0.2, -0.15) is 0 Å². The minimum Gasteiger partial charge on any atom is -0.480 e. The zero-order valence-corrected chi connectivity index (χ0v) is 25.7. The number of carbonyl (C=O) groups is 3. The van der Waals surface area contributed by atoms with E-state index in [1.807, 2.05) is 27.8 Å². The van der Waals surface area contributed by atoms with E-state index in [0.717, 1.165) is 0 Å². The third-order valence-corrected chi connectivity index (χ3v) is 9.79. The van der Waals surface area contributed by atoms with Crippen LogP contribution in [0.3, 0.4) is 0 Å². The molecular formula is C31H37Cl2FN4O4. The second-order valence-corrected chi connectivity index (χ2v) is 14.0. The van der Waals surface area contributed by atoms with Crippen LogP contribution in [0.4, 0.5) is 10.1 Å². The molecule has 2 aromatic carbocycles. The van der Waals surface area contributed by atoms with E-state index in [2.05, 4.69) is 10.2 Å². The number of anilines is 1. The highest BCUT2D eigenvalue weighted by Gasteiger charge is 2.71. The van der Waals surface area contributed by atoms with Gasteiger partial charge in [0.25, 0.3) is 0 Å². The fraction of sp³-hybridized carbons (Fsp3) is 0.516. The van der Waals surface area contributed by atoms with Crippen molar-refractivity contribution in [2.45, 2.75) is 69.5 Å². The summed E-state index contributed by atoms with van der Waals surface area (Å²) < 4.78 is 16.0. The number of hydrogen-bond acceptors (Lipinski definition) is 5. The normalized spacial score (nSPS) is 27.7. The predicted octanol–water partition coefficient (Wildman–Crippen LogP) is 4.88. The van der Waals surface area contributed by atoms with Gasteiger partial charge in [-0.05, 0) is 80.1 Å². The Labute approximate surface area is 255 Å². The molecule has 3 aliphatic heterocycles. The lowest BCUT2D eigenvalue weighted by molar-refractivity contribution is -0.147. The zero-order valence-electron chi connectivity index (χ0n) is 24.2. The molecule has 5 atom stereocenters. The van der Waals surface area contributed by atoms with Crippen molar-refractivity contribution in [3.05, 3.63) is 63.4 Å². The number of nitrogens with one attached hydrogen (secondary N) is 1. The summed E-state index contributed by atoms with van der Waals surface area (Å²) >= 11 is 12.6. The van der Waals surface area contributed by atoms with Gasteiger partial charge >= 0.3 is 5.97 Å². The molecule has 42 heavy (non-hydrogen) atoms. The van der Waals surface area contributed by atoms with Gasteiger partial charge in [-0.1, -0.05) is 62.2 Å². The number of amides is 2. The molecule has 5 rings (SSSR count). The van der Waals surface area contributed by atoms with Crippen molar-refractivity contribution in [1.82, 2.24) is 9.80 Å². The molecule has 4 N–H and O–H groups in total. The zero-order chi connectivity index (χ0) is 30.7. The molecule has 0 radical (unpaired) electrons. The van der Waals surface area contributed by atoms with Crippen molar-refractivity contribution < 1.29 is 23.9 Å². The van der Waals surface area contributed by atoms with Crippen LogP contribution in [0.2, 0.25) is 10.0 Å². The number of nitrogens with zero attached hydrogens (tertiary/aromatic N) is 2. The first-order valence-electron chi connectivity index (χ1n) is 14.2. The molecule has 0 aromatic heterocycles. The van der Waals surface area contributed by atoms with Crippen LogP contribution in [0.5, 0.6) is 0 Å². The molecule has 3 aliphatic rings. The smallest absolute Gasteiger partial charge is 0.321 e. The number of hydrogen-bond donors (Lipinski definition) is 3. The van der Waals surface area contributed by atoms with Gasteiger partial charge < -0.3 is 21.1 Å². The number of aliphatic carboxylic acids is 1. The maximum Gasteiger partial charge on any atom is 0.321 e. The summed E-state index contributed by atoms with van der Waals surface area (Å²) in [6, 6.07) is 6.08. The molecule has 226 valence electrons. The predicted molar refractivity (Wildman–Crippen MR) is 160 cm³/mol. The van der Waals surface area contributed by atoms with Gasteiger partial charge in [0.05, 0.1) is 11.1 Å². The molecule has 3 heterocycles. The van der Waals surface area contributed by atoms with Crippen molar-refractivity contribution in [3.63, 3.8) is 0 Å². The van der Waals surface area contributed by atoms with Gasteiger partial charge in [0, 0.05) is 22.7 Å². The summed E-state index contributed by atoms with van der Waals surface area (Å²) in [6.45, 7) is 7.40. The summed E-state index contributed by atoms with van der Waals surface area (Å²) in [4.78, 5) is 45.2. The SMILES string of the molecule is CN1CCC(C(C(N)=O)N2C(C(=O)O)C(c3cccc(Cl)c3F)C3(C(=O)Nc4cc(Cl)ccc43)C2CC(C)(C)C)CC1. The summed E-state index contributed by atoms with van der Waals surface area (Å²) in [5, 5.41) is 14.1. The highest BCUT2D eigenvalue weighted by Crippen LogP contribution is 2.61. The Hall–Kier alpha value is -2.72. The summed E-state index contributed by atoms with van der Waals surface area (Å²) in [5.41, 5.74) is 5.06. The van der Waals surface area contributed by atoms with Crippen molar-refractivity contribution in [3.8, 4) is 0 Å². The topological polar surface area (TPSA) is 116 Å². The number of likely N-dealkylation sites (tertiary alicyclic amines) is 2. The summed E-state index contributed by atoms with van der Waals surface area (Å²) in [7, 11) is 1.99. The Morgan fingerprint density at radius 1 is 1.19 bits per heavy atom. The Morgan fingerprint density at radius 2 is 1.86 bits per heavy atom. The number of carboxylic acids is 1. The monoisotopic (exact) mass is 618 g/mol. The first kappa shape index (κ1) is 30.7. The van der Waals surface area contributed by atoms with Gasteiger partial charge in [0.2, 0.25) is 11.8 Å². The maximum absolute atomic E-state index is 16.0. The highest BCUT2D eigenvalue weighted by atomic mass is 35.5. The van der Waals surface area contributed by atoms with Gasteiger partial charge in [-0.15, -0.1) is 0 Å². The van der Waals surface area contributed by atoms with E-state index in [-0.39, 0.29) is 16.5 Å². The number of benzene rings is 2. The number of carbonyl (C=O) groups excluding carboxylic acids is 2. The molecule has 2 fully saturated rings. The highest BCUT2D eigenvalue weighted by molar-refractivity contribution is 6.31. The Balaban J connectivity index is 1.86. The second-order valence-electron chi connectivity index (χ2n) is 13.1. The number of rotatable bonds is 6. The molecule has 8 nitrogen and oxygen atoms in total. The quantitative estimate of drug-likeness (QED) is 0.425. The third kappa shape index (κ3) is 4.98. The van der Waals surface area contributed by atoms with Gasteiger partial charge in [0.1, 0.15) is 17.3 Å². The van der Waals surface area contributed by atoms with Crippen LogP contribution in [-0.2, 0) is 19.8 Å². The maximum atomic E-state index is 16.0. The number of nitrogens with two attached hydrogens (primary N) is 1. The van der Waals surface area contributed by atoms with E-state index in [0.29, 0.717) is 48.6 Å². The van der Waals surface area contributed by atoms with E-state index in [4.69, 9.17) is 28.9 Å². The average Bonchev–Trinajstić information content (AvgIpc) is 3.33. The number of primary amides is 1. The van der Waals surface area contributed by atoms with Crippen molar-refractivity contribution in [1.29, 1.82) is 0 Å². The number of halogens is 3. The summed E-state index contributed by atoms with van der Waals surface area (Å²) in [5.74, 6) is -4.69. The van der Waals surface area contributed by atoms with Crippen LogP contribution in [0.25, 0.3) is 0 Å². The Bertz CT molecular complexity index is 1420. The molecule has 11 heteroatoms. The number of fused-ring (bicyclic) bond motifs is 2. The fourth-order valence-electron chi connectivity index (χ4n) is 7.65. The Kier molecular flexibility index (Phi) is 8.11. The van der Waals surface area contributed by atoms with E-state index in [1.54, 1.807) is 29.2 Å². The van der Waals surface area contributed by atoms with Crippen LogP contribution < -0.4 is 11.1 Å². The first-order chi connectivity index (χ1) is 19.7. The van der Waals surface area contributed by atoms with Crippen molar-refractivity contribution >= 4 is 46.7 Å². The Morgan fingerprint density at radius 3 is 2.45 bits per heavy atom. The van der Waals surface area contributed by atoms with Gasteiger partial charge in [0.15, 0.2) is 0 Å². The van der Waals surface area contributed by atoms with Crippen molar-refractivity contribution in [2.24, 2.45) is 17.1 Å². The number of carboxylic acid groups (broad SMARTS) is 1. The van der Waals surface area contributed by atoms with Gasteiger partial charge in [-0.3, -0.25) is 19.3 Å². The second kappa shape index (κ2) is 11.1. The van der Waals surface area contributed by atoms with E-state index in [1.165, 1.54) is 12.1 Å². The van der Waals surface area contributed by atoms with Crippen LogP contribution in [0.1, 0.15) is 57.1 Å². The van der Waals surface area contributed by atoms with Gasteiger partial charge in [-0.25, -0.2) is 4.39 Å².